The van der Waals surface area contributed by atoms with Gasteiger partial charge in [0.25, 0.3) is 10.0 Å². The molecule has 0 bridgehead atoms. The van der Waals surface area contributed by atoms with E-state index in [1.165, 1.54) is 54.6 Å². The van der Waals surface area contributed by atoms with Gasteiger partial charge in [-0.2, -0.15) is 8.78 Å². The summed E-state index contributed by atoms with van der Waals surface area (Å²) in [5.41, 5.74) is 0.935. The Bertz CT molecular complexity index is 1560. The number of hydrogen-bond donors (Lipinski definition) is 1. The van der Waals surface area contributed by atoms with E-state index in [-0.39, 0.29) is 57.1 Å². The average molecular weight is 616 g/mol. The SMILES string of the molecule is CC(=Cc1cc2c(cc1Cl)OC(CCC(=O)O)CN2S(=O)(=O)c1cccc(OC(F)F)c1)c1c(F)cccc1Cl. The van der Waals surface area contributed by atoms with E-state index < -0.39 is 34.5 Å². The number of carboxylic acids is 1. The quantitative estimate of drug-likeness (QED) is 0.258. The van der Waals surface area contributed by atoms with Gasteiger partial charge >= 0.3 is 12.6 Å². The van der Waals surface area contributed by atoms with Crippen molar-refractivity contribution in [2.75, 3.05) is 10.8 Å². The minimum atomic E-state index is -4.39. The zero-order chi connectivity index (χ0) is 29.2. The fourth-order valence-electron chi connectivity index (χ4n) is 4.24. The predicted molar refractivity (Wildman–Crippen MR) is 145 cm³/mol. The van der Waals surface area contributed by atoms with Crippen molar-refractivity contribution in [3.8, 4) is 11.5 Å². The van der Waals surface area contributed by atoms with Crippen molar-refractivity contribution in [1.82, 2.24) is 0 Å². The zero-order valence-corrected chi connectivity index (χ0v) is 23.1. The van der Waals surface area contributed by atoms with Crippen LogP contribution in [0.15, 0.2) is 59.5 Å². The minimum absolute atomic E-state index is 0.0144. The zero-order valence-electron chi connectivity index (χ0n) is 20.8. The van der Waals surface area contributed by atoms with Gasteiger partial charge in [0.05, 0.1) is 27.2 Å². The maximum Gasteiger partial charge on any atom is 0.387 e. The van der Waals surface area contributed by atoms with Gasteiger partial charge in [-0.05, 0) is 60.9 Å². The molecule has 13 heteroatoms. The van der Waals surface area contributed by atoms with Crippen LogP contribution in [0.5, 0.6) is 11.5 Å². The first-order valence-electron chi connectivity index (χ1n) is 11.8. The Balaban J connectivity index is 1.82. The van der Waals surface area contributed by atoms with Gasteiger partial charge in [-0.3, -0.25) is 9.10 Å². The molecule has 212 valence electrons. The van der Waals surface area contributed by atoms with Crippen molar-refractivity contribution in [2.45, 2.75) is 37.4 Å². The van der Waals surface area contributed by atoms with E-state index in [9.17, 15) is 26.4 Å². The monoisotopic (exact) mass is 615 g/mol. The predicted octanol–water partition coefficient (Wildman–Crippen LogP) is 7.12. The summed E-state index contributed by atoms with van der Waals surface area (Å²) < 4.78 is 78.9. The van der Waals surface area contributed by atoms with Crippen LogP contribution in [-0.4, -0.2) is 38.8 Å². The smallest absolute Gasteiger partial charge is 0.387 e. The molecule has 3 aromatic carbocycles. The fraction of sp³-hybridized carbons (Fsp3) is 0.222. The Morgan fingerprint density at radius 2 is 1.90 bits per heavy atom. The van der Waals surface area contributed by atoms with Crippen LogP contribution in [0.3, 0.4) is 0 Å². The molecular weight excluding hydrogens is 594 g/mol. The summed E-state index contributed by atoms with van der Waals surface area (Å²) in [6.45, 7) is -1.82. The molecule has 1 aliphatic rings. The number of fused-ring (bicyclic) bond motifs is 1. The Morgan fingerprint density at radius 3 is 2.58 bits per heavy atom. The highest BCUT2D eigenvalue weighted by molar-refractivity contribution is 7.92. The van der Waals surface area contributed by atoms with Gasteiger partial charge in [0.1, 0.15) is 23.4 Å². The average Bonchev–Trinajstić information content (AvgIpc) is 2.87. The maximum atomic E-state index is 14.5. The van der Waals surface area contributed by atoms with E-state index in [2.05, 4.69) is 4.74 Å². The molecule has 40 heavy (non-hydrogen) atoms. The van der Waals surface area contributed by atoms with Crippen molar-refractivity contribution in [2.24, 2.45) is 0 Å². The molecule has 0 radical (unpaired) electrons. The lowest BCUT2D eigenvalue weighted by molar-refractivity contribution is -0.137. The highest BCUT2D eigenvalue weighted by Crippen LogP contribution is 2.42. The van der Waals surface area contributed by atoms with E-state index >= 15 is 0 Å². The summed E-state index contributed by atoms with van der Waals surface area (Å²) in [6, 6.07) is 11.7. The number of sulfonamides is 1. The molecule has 0 amide bonds. The largest absolute Gasteiger partial charge is 0.486 e. The van der Waals surface area contributed by atoms with E-state index in [1.54, 1.807) is 6.92 Å². The maximum absolute atomic E-state index is 14.5. The second-order valence-corrected chi connectivity index (χ2v) is 11.5. The Kier molecular flexibility index (Phi) is 8.86. The molecule has 1 atom stereocenters. The van der Waals surface area contributed by atoms with Crippen molar-refractivity contribution in [3.63, 3.8) is 0 Å². The third kappa shape index (κ3) is 6.48. The summed E-state index contributed by atoms with van der Waals surface area (Å²) in [4.78, 5) is 10.8. The van der Waals surface area contributed by atoms with Crippen molar-refractivity contribution < 1.29 is 41.0 Å². The van der Waals surface area contributed by atoms with Crippen LogP contribution in [0, 0.1) is 5.82 Å². The summed E-state index contributed by atoms with van der Waals surface area (Å²) in [6.07, 6.45) is 0.378. The second-order valence-electron chi connectivity index (χ2n) is 8.83. The second kappa shape index (κ2) is 12.0. The molecule has 3 aromatic rings. The molecule has 1 unspecified atom stereocenters. The Hall–Kier alpha value is -3.41. The number of alkyl halides is 2. The van der Waals surface area contributed by atoms with Gasteiger partial charge in [0.15, 0.2) is 0 Å². The molecule has 1 heterocycles. The van der Waals surface area contributed by atoms with E-state index in [4.69, 9.17) is 33.0 Å². The number of carbonyl (C=O) groups is 1. The molecule has 0 aliphatic carbocycles. The van der Waals surface area contributed by atoms with Crippen LogP contribution in [-0.2, 0) is 14.8 Å². The van der Waals surface area contributed by atoms with E-state index in [0.717, 1.165) is 10.4 Å². The van der Waals surface area contributed by atoms with Crippen LogP contribution in [0.25, 0.3) is 11.6 Å². The first-order chi connectivity index (χ1) is 18.9. The molecule has 0 spiro atoms. The van der Waals surface area contributed by atoms with Gasteiger partial charge in [0, 0.05) is 24.1 Å². The number of halogens is 5. The summed E-state index contributed by atoms with van der Waals surface area (Å²) in [7, 11) is -4.39. The lowest BCUT2D eigenvalue weighted by Crippen LogP contribution is -2.43. The number of ether oxygens (including phenoxy) is 2. The summed E-state index contributed by atoms with van der Waals surface area (Å²) in [5.74, 6) is -1.95. The highest BCUT2D eigenvalue weighted by atomic mass is 35.5. The number of allylic oxidation sites excluding steroid dienone is 1. The van der Waals surface area contributed by atoms with Crippen LogP contribution in [0.2, 0.25) is 10.0 Å². The van der Waals surface area contributed by atoms with E-state index in [0.29, 0.717) is 11.1 Å². The molecule has 1 N–H and O–H groups in total. The molecule has 4 rings (SSSR count). The number of benzene rings is 3. The van der Waals surface area contributed by atoms with Crippen LogP contribution in [0.4, 0.5) is 18.9 Å². The normalized spacial score (nSPS) is 15.5. The Morgan fingerprint density at radius 1 is 1.18 bits per heavy atom. The van der Waals surface area contributed by atoms with Gasteiger partial charge < -0.3 is 14.6 Å². The highest BCUT2D eigenvalue weighted by Gasteiger charge is 2.35. The standard InChI is InChI=1S/C27H22Cl2F3NO6S/c1-15(26-20(28)6-3-7-22(26)30)10-16-11-23-24(13-21(16)29)38-18(8-9-25(34)35)14-33(23)40(36,37)19-5-2-4-17(12-19)39-27(31)32/h2-7,10-13,18,27H,8-9,14H2,1H3,(H,34,35). The van der Waals surface area contributed by atoms with Crippen LogP contribution < -0.4 is 13.8 Å². The molecule has 1 aliphatic heterocycles. The molecular formula is C27H22Cl2F3NO6S. The first kappa shape index (κ1) is 29.6. The molecule has 0 saturated heterocycles. The Labute approximate surface area is 238 Å². The van der Waals surface area contributed by atoms with Gasteiger partial charge in [0.2, 0.25) is 0 Å². The topological polar surface area (TPSA) is 93.1 Å². The van der Waals surface area contributed by atoms with Gasteiger partial charge in [-0.15, -0.1) is 0 Å². The molecule has 7 nitrogen and oxygen atoms in total. The van der Waals surface area contributed by atoms with Crippen molar-refractivity contribution in [3.05, 3.63) is 81.6 Å². The van der Waals surface area contributed by atoms with Crippen LogP contribution in [0.1, 0.15) is 30.9 Å². The van der Waals surface area contributed by atoms with Gasteiger partial charge in [-0.1, -0.05) is 35.3 Å². The first-order valence-corrected chi connectivity index (χ1v) is 14.0. The molecule has 0 saturated carbocycles. The fourth-order valence-corrected chi connectivity index (χ4v) is 6.29. The molecule has 0 aromatic heterocycles. The third-order valence-electron chi connectivity index (χ3n) is 6.04. The molecule has 0 fully saturated rings. The summed E-state index contributed by atoms with van der Waals surface area (Å²) in [5, 5.41) is 9.43. The number of nitrogens with zero attached hydrogens (tertiary/aromatic N) is 1. The lowest BCUT2D eigenvalue weighted by atomic mass is 10.0. The number of carboxylic acid groups (broad SMARTS) is 1. The summed E-state index contributed by atoms with van der Waals surface area (Å²) >= 11 is 12.7. The third-order valence-corrected chi connectivity index (χ3v) is 8.46. The number of anilines is 1. The minimum Gasteiger partial charge on any atom is -0.486 e. The number of aliphatic carboxylic acids is 1. The number of hydrogen-bond acceptors (Lipinski definition) is 5. The van der Waals surface area contributed by atoms with Gasteiger partial charge in [-0.25, -0.2) is 12.8 Å². The number of rotatable bonds is 9. The van der Waals surface area contributed by atoms with E-state index in [1.807, 2.05) is 0 Å². The van der Waals surface area contributed by atoms with Crippen molar-refractivity contribution in [1.29, 1.82) is 0 Å². The lowest BCUT2D eigenvalue weighted by Gasteiger charge is -2.36. The van der Waals surface area contributed by atoms with Crippen molar-refractivity contribution >= 4 is 56.5 Å². The van der Waals surface area contributed by atoms with Crippen LogP contribution >= 0.6 is 23.2 Å².